The number of thiazole rings is 1. The zero-order valence-corrected chi connectivity index (χ0v) is 10.5. The Bertz CT molecular complexity index is 510. The molecule has 0 fully saturated rings. The van der Waals surface area contributed by atoms with Crippen LogP contribution in [-0.2, 0) is 0 Å². The van der Waals surface area contributed by atoms with Crippen LogP contribution in [0.1, 0.15) is 17.8 Å². The Kier molecular flexibility index (Phi) is 3.40. The highest BCUT2D eigenvalue weighted by Crippen LogP contribution is 2.30. The summed E-state index contributed by atoms with van der Waals surface area (Å²) in [6.07, 6.45) is 1.76. The van der Waals surface area contributed by atoms with Gasteiger partial charge in [-0.05, 0) is 25.1 Å². The standard InChI is InChI=1S/C12H14FN3S/c1-8(14)11-7-15-12(17-11)16(2)10-5-3-4-9(13)6-10/h3-8H,14H2,1-2H3. The van der Waals surface area contributed by atoms with Crippen LogP contribution in [0, 0.1) is 5.82 Å². The maximum absolute atomic E-state index is 13.1. The second-order valence-corrected chi connectivity index (χ2v) is 4.91. The summed E-state index contributed by atoms with van der Waals surface area (Å²) >= 11 is 1.52. The number of nitrogens with two attached hydrogens (primary N) is 1. The minimum Gasteiger partial charge on any atom is -0.323 e. The molecule has 0 radical (unpaired) electrons. The highest BCUT2D eigenvalue weighted by Gasteiger charge is 2.11. The highest BCUT2D eigenvalue weighted by molar-refractivity contribution is 7.15. The summed E-state index contributed by atoms with van der Waals surface area (Å²) in [5.41, 5.74) is 6.56. The van der Waals surface area contributed by atoms with E-state index in [0.717, 1.165) is 15.7 Å². The Hall–Kier alpha value is -1.46. The van der Waals surface area contributed by atoms with E-state index >= 15 is 0 Å². The molecule has 17 heavy (non-hydrogen) atoms. The van der Waals surface area contributed by atoms with Gasteiger partial charge in [0, 0.05) is 29.9 Å². The summed E-state index contributed by atoms with van der Waals surface area (Å²) in [5, 5.41) is 0.808. The topological polar surface area (TPSA) is 42.1 Å². The van der Waals surface area contributed by atoms with Gasteiger partial charge in [-0.15, -0.1) is 0 Å². The maximum atomic E-state index is 13.1. The van der Waals surface area contributed by atoms with Crippen molar-refractivity contribution >= 4 is 22.2 Å². The SMILES string of the molecule is CC(N)c1cnc(N(C)c2cccc(F)c2)s1. The van der Waals surface area contributed by atoms with E-state index in [0.29, 0.717) is 0 Å². The van der Waals surface area contributed by atoms with Crippen molar-refractivity contribution in [2.24, 2.45) is 5.73 Å². The first-order valence-electron chi connectivity index (χ1n) is 5.28. The lowest BCUT2D eigenvalue weighted by Gasteiger charge is -2.15. The van der Waals surface area contributed by atoms with Crippen LogP contribution >= 0.6 is 11.3 Å². The fraction of sp³-hybridized carbons (Fsp3) is 0.250. The van der Waals surface area contributed by atoms with Gasteiger partial charge in [-0.1, -0.05) is 17.4 Å². The van der Waals surface area contributed by atoms with Gasteiger partial charge >= 0.3 is 0 Å². The van der Waals surface area contributed by atoms with E-state index in [2.05, 4.69) is 4.98 Å². The van der Waals surface area contributed by atoms with E-state index in [9.17, 15) is 4.39 Å². The normalized spacial score (nSPS) is 12.5. The lowest BCUT2D eigenvalue weighted by atomic mass is 10.3. The predicted octanol–water partition coefficient (Wildman–Crippen LogP) is 3.07. The Morgan fingerprint density at radius 3 is 2.82 bits per heavy atom. The molecule has 0 aliphatic heterocycles. The van der Waals surface area contributed by atoms with Crippen LogP contribution < -0.4 is 10.6 Å². The zero-order valence-electron chi connectivity index (χ0n) is 9.72. The van der Waals surface area contributed by atoms with Crippen molar-refractivity contribution in [3.63, 3.8) is 0 Å². The third-order valence-electron chi connectivity index (χ3n) is 2.44. The molecular weight excluding hydrogens is 237 g/mol. The van der Waals surface area contributed by atoms with Crippen LogP contribution in [0.15, 0.2) is 30.5 Å². The van der Waals surface area contributed by atoms with Crippen LogP contribution in [-0.4, -0.2) is 12.0 Å². The average Bonchev–Trinajstić information content (AvgIpc) is 2.77. The molecule has 0 amide bonds. The van der Waals surface area contributed by atoms with Crippen LogP contribution in [0.5, 0.6) is 0 Å². The summed E-state index contributed by atoms with van der Waals surface area (Å²) in [6, 6.07) is 6.40. The molecule has 5 heteroatoms. The predicted molar refractivity (Wildman–Crippen MR) is 69.2 cm³/mol. The lowest BCUT2D eigenvalue weighted by Crippen LogP contribution is -2.08. The average molecular weight is 251 g/mol. The van der Waals surface area contributed by atoms with E-state index in [-0.39, 0.29) is 11.9 Å². The summed E-state index contributed by atoms with van der Waals surface area (Å²) in [5.74, 6) is -0.252. The number of hydrogen-bond acceptors (Lipinski definition) is 4. The molecule has 0 bridgehead atoms. The minimum atomic E-state index is -0.252. The third kappa shape index (κ3) is 2.62. The Morgan fingerprint density at radius 1 is 1.47 bits per heavy atom. The third-order valence-corrected chi connectivity index (χ3v) is 3.72. The van der Waals surface area contributed by atoms with Gasteiger partial charge in [0.05, 0.1) is 0 Å². The van der Waals surface area contributed by atoms with E-state index in [1.165, 1.54) is 23.5 Å². The smallest absolute Gasteiger partial charge is 0.189 e. The Balaban J connectivity index is 2.27. The van der Waals surface area contributed by atoms with Crippen LogP contribution in [0.4, 0.5) is 15.2 Å². The second-order valence-electron chi connectivity index (χ2n) is 3.87. The summed E-state index contributed by atoms with van der Waals surface area (Å²) in [7, 11) is 1.86. The van der Waals surface area contributed by atoms with Crippen LogP contribution in [0.2, 0.25) is 0 Å². The molecule has 0 aliphatic rings. The van der Waals surface area contributed by atoms with Gasteiger partial charge in [-0.2, -0.15) is 0 Å². The molecule has 0 saturated heterocycles. The first kappa shape index (κ1) is 12.0. The Morgan fingerprint density at radius 2 is 2.24 bits per heavy atom. The van der Waals surface area contributed by atoms with E-state index in [4.69, 9.17) is 5.73 Å². The summed E-state index contributed by atoms with van der Waals surface area (Å²) in [6.45, 7) is 1.92. The van der Waals surface area contributed by atoms with Gasteiger partial charge in [0.25, 0.3) is 0 Å². The molecule has 1 unspecified atom stereocenters. The van der Waals surface area contributed by atoms with E-state index < -0.39 is 0 Å². The number of nitrogens with zero attached hydrogens (tertiary/aromatic N) is 2. The van der Waals surface area contributed by atoms with Crippen molar-refractivity contribution in [1.29, 1.82) is 0 Å². The van der Waals surface area contributed by atoms with Crippen molar-refractivity contribution < 1.29 is 4.39 Å². The molecule has 90 valence electrons. The van der Waals surface area contributed by atoms with Crippen molar-refractivity contribution in [1.82, 2.24) is 4.98 Å². The molecule has 3 nitrogen and oxygen atoms in total. The van der Waals surface area contributed by atoms with Crippen LogP contribution in [0.25, 0.3) is 0 Å². The monoisotopic (exact) mass is 251 g/mol. The molecule has 0 spiro atoms. The summed E-state index contributed by atoms with van der Waals surface area (Å²) < 4.78 is 13.1. The largest absolute Gasteiger partial charge is 0.323 e. The molecule has 1 aromatic carbocycles. The lowest BCUT2D eigenvalue weighted by molar-refractivity contribution is 0.628. The van der Waals surface area contributed by atoms with Crippen molar-refractivity contribution in [3.8, 4) is 0 Å². The van der Waals surface area contributed by atoms with E-state index in [1.807, 2.05) is 24.9 Å². The molecule has 2 N–H and O–H groups in total. The maximum Gasteiger partial charge on any atom is 0.189 e. The number of benzene rings is 1. The number of aromatic nitrogens is 1. The molecule has 1 atom stereocenters. The van der Waals surface area contributed by atoms with Crippen molar-refractivity contribution in [2.75, 3.05) is 11.9 Å². The first-order chi connectivity index (χ1) is 8.08. The molecule has 0 aliphatic carbocycles. The van der Waals surface area contributed by atoms with Gasteiger partial charge in [-0.25, -0.2) is 9.37 Å². The number of hydrogen-bond donors (Lipinski definition) is 1. The zero-order chi connectivity index (χ0) is 12.4. The summed E-state index contributed by atoms with van der Waals surface area (Å²) in [4.78, 5) is 7.15. The van der Waals surface area contributed by atoms with Gasteiger partial charge in [0.15, 0.2) is 5.13 Å². The second kappa shape index (κ2) is 4.81. The molecule has 2 aromatic rings. The first-order valence-corrected chi connectivity index (χ1v) is 6.10. The molecule has 2 rings (SSSR count). The van der Waals surface area contributed by atoms with Crippen LogP contribution in [0.3, 0.4) is 0 Å². The van der Waals surface area contributed by atoms with E-state index in [1.54, 1.807) is 12.3 Å². The Labute approximate surface area is 104 Å². The molecular formula is C12H14FN3S. The number of rotatable bonds is 3. The number of anilines is 2. The number of halogens is 1. The van der Waals surface area contributed by atoms with Gasteiger partial charge in [0.2, 0.25) is 0 Å². The van der Waals surface area contributed by atoms with Gasteiger partial charge in [0.1, 0.15) is 5.82 Å². The van der Waals surface area contributed by atoms with Crippen molar-refractivity contribution in [3.05, 3.63) is 41.2 Å². The molecule has 0 saturated carbocycles. The highest BCUT2D eigenvalue weighted by atomic mass is 32.1. The van der Waals surface area contributed by atoms with Gasteiger partial charge in [-0.3, -0.25) is 0 Å². The van der Waals surface area contributed by atoms with Gasteiger partial charge < -0.3 is 10.6 Å². The molecule has 1 aromatic heterocycles. The quantitative estimate of drug-likeness (QED) is 0.911. The van der Waals surface area contributed by atoms with Crippen molar-refractivity contribution in [2.45, 2.75) is 13.0 Å². The fourth-order valence-corrected chi connectivity index (χ4v) is 2.29. The molecule has 1 heterocycles. The minimum absolute atomic E-state index is 0.0258. The fourth-order valence-electron chi connectivity index (χ4n) is 1.44.